The fourth-order valence-corrected chi connectivity index (χ4v) is 6.34. The second kappa shape index (κ2) is 15.4. The Morgan fingerprint density at radius 3 is 2.33 bits per heavy atom. The van der Waals surface area contributed by atoms with Crippen molar-refractivity contribution in [2.24, 2.45) is 17.8 Å². The molecule has 46 heavy (non-hydrogen) atoms. The minimum absolute atomic E-state index is 0.108. The molecular formula is C40H52O6. The zero-order chi connectivity index (χ0) is 33.5. The van der Waals surface area contributed by atoms with Gasteiger partial charge in [-0.1, -0.05) is 78.5 Å². The molecule has 1 saturated heterocycles. The molecule has 2 aromatic rings. The summed E-state index contributed by atoms with van der Waals surface area (Å²) in [6, 6.07) is 14.3. The van der Waals surface area contributed by atoms with Crippen molar-refractivity contribution in [1.82, 2.24) is 0 Å². The van der Waals surface area contributed by atoms with Crippen molar-refractivity contribution in [2.75, 3.05) is 13.2 Å². The molecule has 0 amide bonds. The Kier molecular flexibility index (Phi) is 11.8. The number of cyclic esters (lactones) is 1. The lowest BCUT2D eigenvalue weighted by molar-refractivity contribution is -0.166. The van der Waals surface area contributed by atoms with Crippen LogP contribution in [-0.2, 0) is 30.9 Å². The predicted octanol–water partition coefficient (Wildman–Crippen LogP) is 7.71. The predicted molar refractivity (Wildman–Crippen MR) is 182 cm³/mol. The molecule has 2 atom stereocenters. The quantitative estimate of drug-likeness (QED) is 0.147. The monoisotopic (exact) mass is 628 g/mol. The third-order valence-corrected chi connectivity index (χ3v) is 8.75. The van der Waals surface area contributed by atoms with Gasteiger partial charge in [0, 0.05) is 36.0 Å². The van der Waals surface area contributed by atoms with Crippen molar-refractivity contribution in [2.45, 2.75) is 111 Å². The molecule has 2 aliphatic heterocycles. The number of fused-ring (bicyclic) bond motifs is 1. The second-order valence-electron chi connectivity index (χ2n) is 15.0. The number of ether oxygens (including phenoxy) is 3. The average molecular weight is 629 g/mol. The molecule has 0 saturated carbocycles. The molecule has 2 heterocycles. The summed E-state index contributed by atoms with van der Waals surface area (Å²) in [6.45, 7) is 14.9. The summed E-state index contributed by atoms with van der Waals surface area (Å²) in [6.07, 6.45) is 6.41. The minimum Gasteiger partial charge on any atom is -0.490 e. The minimum atomic E-state index is -1.23. The Balaban J connectivity index is 1.25. The number of hydrogen-bond donors (Lipinski definition) is 1. The van der Waals surface area contributed by atoms with E-state index < -0.39 is 24.1 Å². The molecule has 1 N–H and O–H groups in total. The van der Waals surface area contributed by atoms with Crippen molar-refractivity contribution in [1.29, 1.82) is 0 Å². The van der Waals surface area contributed by atoms with Crippen LogP contribution >= 0.6 is 0 Å². The van der Waals surface area contributed by atoms with Gasteiger partial charge in [-0.2, -0.15) is 0 Å². The Morgan fingerprint density at radius 1 is 1.04 bits per heavy atom. The van der Waals surface area contributed by atoms with Gasteiger partial charge in [-0.15, -0.1) is 0 Å². The third-order valence-electron chi connectivity index (χ3n) is 8.75. The Labute approximate surface area is 275 Å². The molecule has 0 aromatic heterocycles. The second-order valence-corrected chi connectivity index (χ2v) is 15.0. The molecule has 6 nitrogen and oxygen atoms in total. The first-order chi connectivity index (χ1) is 21.7. The van der Waals surface area contributed by atoms with Crippen LogP contribution in [0.1, 0.15) is 109 Å². The topological polar surface area (TPSA) is 82.1 Å². The number of carbonyl (C=O) groups excluding carboxylic acids is 2. The molecule has 6 heteroatoms. The summed E-state index contributed by atoms with van der Waals surface area (Å²) < 4.78 is 17.2. The van der Waals surface area contributed by atoms with Crippen LogP contribution in [0.3, 0.4) is 0 Å². The summed E-state index contributed by atoms with van der Waals surface area (Å²) in [5, 5.41) is 10.1. The van der Waals surface area contributed by atoms with E-state index >= 15 is 0 Å². The van der Waals surface area contributed by atoms with E-state index in [4.69, 9.17) is 14.2 Å². The maximum Gasteiger partial charge on any atom is 0.334 e. The smallest absolute Gasteiger partial charge is 0.334 e. The van der Waals surface area contributed by atoms with Gasteiger partial charge in [0.05, 0.1) is 6.61 Å². The third kappa shape index (κ3) is 9.97. The zero-order valence-corrected chi connectivity index (χ0v) is 28.8. The van der Waals surface area contributed by atoms with Gasteiger partial charge in [-0.25, -0.2) is 4.79 Å². The summed E-state index contributed by atoms with van der Waals surface area (Å²) in [7, 11) is 0. The van der Waals surface area contributed by atoms with Crippen LogP contribution in [0.4, 0.5) is 0 Å². The standard InChI is InChI=1S/C40H52O6/c1-27(2)20-31(21-28(3)4)10-14-32-24-40(25-41,46-38(32)43)26-44-37(42)19-17-35-23-33-22-30(13-18-36(33)45-35)9-8-29-11-15-34(16-12-29)39(5,6)7/h11-16,18,22,27-28,31,35,41H,10,17,19-21,23-26H2,1-7H3/b32-14+/t35-,40+/m0/s1. The van der Waals surface area contributed by atoms with Gasteiger partial charge in [-0.05, 0) is 90.3 Å². The van der Waals surface area contributed by atoms with E-state index in [1.165, 1.54) is 5.56 Å². The van der Waals surface area contributed by atoms with Gasteiger partial charge in [0.2, 0.25) is 0 Å². The zero-order valence-electron chi connectivity index (χ0n) is 28.8. The molecular weight excluding hydrogens is 576 g/mol. The van der Waals surface area contributed by atoms with E-state index in [1.54, 1.807) is 0 Å². The number of allylic oxidation sites excluding steroid dienone is 1. The Hall–Kier alpha value is -3.56. The SMILES string of the molecule is CC(C)CC(C/C=C1\C[C@@](CO)(COC(=O)CC[C@H]2Cc3cc(C#Cc4ccc(C(C)(C)C)cc4)ccc3O2)OC1=O)CC(C)C. The highest BCUT2D eigenvalue weighted by molar-refractivity contribution is 5.91. The lowest BCUT2D eigenvalue weighted by Crippen LogP contribution is -2.39. The highest BCUT2D eigenvalue weighted by Crippen LogP contribution is 2.34. The van der Waals surface area contributed by atoms with Gasteiger partial charge in [0.1, 0.15) is 18.5 Å². The van der Waals surface area contributed by atoms with Crippen molar-refractivity contribution >= 4 is 11.9 Å². The molecule has 0 aliphatic carbocycles. The molecule has 4 rings (SSSR count). The van der Waals surface area contributed by atoms with E-state index in [9.17, 15) is 14.7 Å². The van der Waals surface area contributed by atoms with E-state index in [-0.39, 0.29) is 31.0 Å². The number of benzene rings is 2. The number of rotatable bonds is 12. The van der Waals surface area contributed by atoms with Crippen LogP contribution in [-0.4, -0.2) is 42.0 Å². The summed E-state index contributed by atoms with van der Waals surface area (Å²) in [4.78, 5) is 25.4. The van der Waals surface area contributed by atoms with Gasteiger partial charge in [0.15, 0.2) is 5.60 Å². The van der Waals surface area contributed by atoms with Gasteiger partial charge < -0.3 is 19.3 Å². The van der Waals surface area contributed by atoms with Crippen LogP contribution in [0.15, 0.2) is 54.1 Å². The molecule has 0 bridgehead atoms. The normalized spacial score (nSPS) is 20.1. The number of aliphatic hydroxyl groups excluding tert-OH is 1. The first kappa shape index (κ1) is 35.3. The molecule has 1 fully saturated rings. The molecule has 248 valence electrons. The van der Waals surface area contributed by atoms with E-state index in [2.05, 4.69) is 90.6 Å². The van der Waals surface area contributed by atoms with E-state index in [0.717, 1.165) is 41.7 Å². The largest absolute Gasteiger partial charge is 0.490 e. The number of esters is 2. The summed E-state index contributed by atoms with van der Waals surface area (Å²) >= 11 is 0. The van der Waals surface area contributed by atoms with Gasteiger partial charge in [0.25, 0.3) is 0 Å². The van der Waals surface area contributed by atoms with Crippen molar-refractivity contribution < 1.29 is 28.9 Å². The Morgan fingerprint density at radius 2 is 1.70 bits per heavy atom. The molecule has 0 unspecified atom stereocenters. The molecule has 0 spiro atoms. The van der Waals surface area contributed by atoms with Crippen LogP contribution in [0.2, 0.25) is 0 Å². The van der Waals surface area contributed by atoms with Crippen LogP contribution in [0, 0.1) is 29.6 Å². The maximum atomic E-state index is 12.7. The molecule has 2 aliphatic rings. The Bertz CT molecular complexity index is 1440. The highest BCUT2D eigenvalue weighted by Gasteiger charge is 2.44. The molecule has 0 radical (unpaired) electrons. The van der Waals surface area contributed by atoms with Crippen molar-refractivity contribution in [3.8, 4) is 17.6 Å². The first-order valence-corrected chi connectivity index (χ1v) is 16.9. The summed E-state index contributed by atoms with van der Waals surface area (Å²) in [5.41, 5.74) is 3.69. The lowest BCUT2D eigenvalue weighted by atomic mass is 9.86. The maximum absolute atomic E-state index is 12.7. The van der Waals surface area contributed by atoms with Gasteiger partial charge in [-0.3, -0.25) is 4.79 Å². The van der Waals surface area contributed by atoms with Crippen molar-refractivity contribution in [3.63, 3.8) is 0 Å². The van der Waals surface area contributed by atoms with Crippen LogP contribution in [0.5, 0.6) is 5.75 Å². The lowest BCUT2D eigenvalue weighted by Gasteiger charge is -2.24. The van der Waals surface area contributed by atoms with Gasteiger partial charge >= 0.3 is 11.9 Å². The number of aliphatic hydroxyl groups is 1. The van der Waals surface area contributed by atoms with Crippen molar-refractivity contribution in [3.05, 3.63) is 76.4 Å². The van der Waals surface area contributed by atoms with E-state index in [1.807, 2.05) is 18.2 Å². The average Bonchev–Trinajstić information content (AvgIpc) is 3.55. The number of hydrogen-bond acceptors (Lipinski definition) is 6. The summed E-state index contributed by atoms with van der Waals surface area (Å²) in [5.74, 6) is 8.14. The fraction of sp³-hybridized carbons (Fsp3) is 0.550. The molecule has 2 aromatic carbocycles. The number of carbonyl (C=O) groups is 2. The highest BCUT2D eigenvalue weighted by atomic mass is 16.6. The van der Waals surface area contributed by atoms with E-state index in [0.29, 0.717) is 36.2 Å². The first-order valence-electron chi connectivity index (χ1n) is 16.9. The van der Waals surface area contributed by atoms with Crippen LogP contribution < -0.4 is 4.74 Å². The van der Waals surface area contributed by atoms with Crippen LogP contribution in [0.25, 0.3) is 0 Å². The fourth-order valence-electron chi connectivity index (χ4n) is 6.34.